The molecule has 1 heterocycles. The normalized spacial score (nSPS) is 21.1. The molecule has 126 valence electrons. The van der Waals surface area contributed by atoms with Crippen LogP contribution in [0.25, 0.3) is 0 Å². The molecule has 0 radical (unpaired) electrons. The topological polar surface area (TPSA) is 15.3 Å². The van der Waals surface area contributed by atoms with Crippen LogP contribution >= 0.6 is 0 Å². The molecule has 0 saturated carbocycles. The SMILES string of the molecule is c1ccc(CN2CCN[C@H](c3ccccc3)[C@H]2c2ccccc2)cc1. The van der Waals surface area contributed by atoms with E-state index in [1.54, 1.807) is 0 Å². The van der Waals surface area contributed by atoms with Crippen LogP contribution in [0.4, 0.5) is 0 Å². The molecule has 0 unspecified atom stereocenters. The van der Waals surface area contributed by atoms with E-state index in [0.717, 1.165) is 19.6 Å². The summed E-state index contributed by atoms with van der Waals surface area (Å²) in [5, 5.41) is 3.76. The molecule has 0 amide bonds. The number of hydrogen-bond donors (Lipinski definition) is 1. The maximum absolute atomic E-state index is 3.76. The smallest absolute Gasteiger partial charge is 0.0547 e. The van der Waals surface area contributed by atoms with Crippen LogP contribution in [0.1, 0.15) is 28.8 Å². The molecule has 3 aromatic rings. The first kappa shape index (κ1) is 16.1. The Kier molecular flexibility index (Phi) is 4.91. The van der Waals surface area contributed by atoms with Gasteiger partial charge in [-0.25, -0.2) is 0 Å². The van der Waals surface area contributed by atoms with Crippen molar-refractivity contribution in [1.29, 1.82) is 0 Å². The van der Waals surface area contributed by atoms with Gasteiger partial charge in [0.25, 0.3) is 0 Å². The fourth-order valence-corrected chi connectivity index (χ4v) is 3.83. The summed E-state index contributed by atoms with van der Waals surface area (Å²) in [5.41, 5.74) is 4.10. The van der Waals surface area contributed by atoms with Gasteiger partial charge in [0.2, 0.25) is 0 Å². The summed E-state index contributed by atoms with van der Waals surface area (Å²) in [5.74, 6) is 0. The third kappa shape index (κ3) is 3.65. The second-order valence-corrected chi connectivity index (χ2v) is 6.65. The molecule has 0 aromatic heterocycles. The van der Waals surface area contributed by atoms with Crippen molar-refractivity contribution in [2.45, 2.75) is 18.6 Å². The minimum atomic E-state index is 0.307. The van der Waals surface area contributed by atoms with Crippen molar-refractivity contribution in [3.8, 4) is 0 Å². The second-order valence-electron chi connectivity index (χ2n) is 6.65. The first-order valence-electron chi connectivity index (χ1n) is 9.03. The van der Waals surface area contributed by atoms with Gasteiger partial charge in [-0.1, -0.05) is 91.0 Å². The Morgan fingerprint density at radius 2 is 1.28 bits per heavy atom. The molecule has 3 aromatic carbocycles. The Bertz CT molecular complexity index is 771. The molecule has 2 nitrogen and oxygen atoms in total. The van der Waals surface area contributed by atoms with Crippen LogP contribution in [0.3, 0.4) is 0 Å². The summed E-state index contributed by atoms with van der Waals surface area (Å²) in [7, 11) is 0. The molecule has 0 spiro atoms. The zero-order valence-electron chi connectivity index (χ0n) is 14.4. The fourth-order valence-electron chi connectivity index (χ4n) is 3.83. The van der Waals surface area contributed by atoms with Crippen LogP contribution in [0, 0.1) is 0 Å². The van der Waals surface area contributed by atoms with Gasteiger partial charge in [-0.2, -0.15) is 0 Å². The van der Waals surface area contributed by atoms with E-state index in [1.807, 2.05) is 0 Å². The van der Waals surface area contributed by atoms with Crippen molar-refractivity contribution in [2.75, 3.05) is 13.1 Å². The quantitative estimate of drug-likeness (QED) is 0.754. The van der Waals surface area contributed by atoms with Crippen LogP contribution in [0.15, 0.2) is 91.0 Å². The highest BCUT2D eigenvalue weighted by molar-refractivity contribution is 5.29. The van der Waals surface area contributed by atoms with Gasteiger partial charge in [0, 0.05) is 19.6 Å². The number of rotatable bonds is 4. The molecule has 1 aliphatic rings. The summed E-state index contributed by atoms with van der Waals surface area (Å²) in [4.78, 5) is 2.61. The lowest BCUT2D eigenvalue weighted by atomic mass is 9.90. The van der Waals surface area contributed by atoms with Crippen molar-refractivity contribution in [2.24, 2.45) is 0 Å². The Morgan fingerprint density at radius 1 is 0.720 bits per heavy atom. The van der Waals surface area contributed by atoms with Gasteiger partial charge in [-0.3, -0.25) is 4.90 Å². The highest BCUT2D eigenvalue weighted by Crippen LogP contribution is 2.37. The minimum Gasteiger partial charge on any atom is -0.307 e. The first-order chi connectivity index (χ1) is 12.4. The number of nitrogens with one attached hydrogen (secondary N) is 1. The minimum absolute atomic E-state index is 0.307. The molecule has 1 aliphatic heterocycles. The lowest BCUT2D eigenvalue weighted by Crippen LogP contribution is -2.47. The molecule has 1 N–H and O–H groups in total. The third-order valence-corrected chi connectivity index (χ3v) is 5.00. The zero-order chi connectivity index (χ0) is 16.9. The predicted molar refractivity (Wildman–Crippen MR) is 103 cm³/mol. The average Bonchev–Trinajstić information content (AvgIpc) is 2.70. The first-order valence-corrected chi connectivity index (χ1v) is 9.03. The van der Waals surface area contributed by atoms with E-state index in [4.69, 9.17) is 0 Å². The standard InChI is InChI=1S/C23H24N2/c1-4-10-19(11-5-1)18-25-17-16-24-22(20-12-6-2-7-13-20)23(25)21-14-8-3-9-15-21/h1-15,22-24H,16-18H2/t22-,23-/m1/s1. The maximum Gasteiger partial charge on any atom is 0.0547 e. The van der Waals surface area contributed by atoms with Crippen molar-refractivity contribution in [3.05, 3.63) is 108 Å². The largest absolute Gasteiger partial charge is 0.307 e. The van der Waals surface area contributed by atoms with E-state index in [-0.39, 0.29) is 0 Å². The average molecular weight is 328 g/mol. The predicted octanol–water partition coefficient (Wildman–Crippen LogP) is 4.57. The molecule has 2 atom stereocenters. The van der Waals surface area contributed by atoms with Gasteiger partial charge in [0.15, 0.2) is 0 Å². The van der Waals surface area contributed by atoms with Crippen molar-refractivity contribution in [3.63, 3.8) is 0 Å². The highest BCUT2D eigenvalue weighted by Gasteiger charge is 2.33. The Labute approximate surface area is 150 Å². The number of nitrogens with zero attached hydrogens (tertiary/aromatic N) is 1. The molecule has 0 aliphatic carbocycles. The number of hydrogen-bond acceptors (Lipinski definition) is 2. The molecule has 0 bridgehead atoms. The van der Waals surface area contributed by atoms with Crippen LogP contribution in [0.5, 0.6) is 0 Å². The summed E-state index contributed by atoms with van der Waals surface area (Å²) < 4.78 is 0. The molecular weight excluding hydrogens is 304 g/mol. The summed E-state index contributed by atoms with van der Waals surface area (Å²) in [6.45, 7) is 3.04. The van der Waals surface area contributed by atoms with Crippen molar-refractivity contribution >= 4 is 0 Å². The van der Waals surface area contributed by atoms with Gasteiger partial charge in [0.1, 0.15) is 0 Å². The van der Waals surface area contributed by atoms with Gasteiger partial charge in [-0.15, -0.1) is 0 Å². The van der Waals surface area contributed by atoms with E-state index in [9.17, 15) is 0 Å². The summed E-state index contributed by atoms with van der Waals surface area (Å²) >= 11 is 0. The van der Waals surface area contributed by atoms with E-state index in [1.165, 1.54) is 16.7 Å². The number of piperazine rings is 1. The zero-order valence-corrected chi connectivity index (χ0v) is 14.4. The maximum atomic E-state index is 3.76. The molecule has 1 fully saturated rings. The second kappa shape index (κ2) is 7.64. The van der Waals surface area contributed by atoms with Crippen molar-refractivity contribution in [1.82, 2.24) is 10.2 Å². The summed E-state index contributed by atoms with van der Waals surface area (Å²) in [6, 6.07) is 33.2. The Morgan fingerprint density at radius 3 is 1.92 bits per heavy atom. The van der Waals surface area contributed by atoms with E-state index in [0.29, 0.717) is 12.1 Å². The lowest BCUT2D eigenvalue weighted by Gasteiger charge is -2.42. The van der Waals surface area contributed by atoms with Gasteiger partial charge in [0.05, 0.1) is 12.1 Å². The molecule has 25 heavy (non-hydrogen) atoms. The molecule has 2 heteroatoms. The van der Waals surface area contributed by atoms with Crippen molar-refractivity contribution < 1.29 is 0 Å². The van der Waals surface area contributed by atoms with E-state index in [2.05, 4.69) is 101 Å². The molecular formula is C23H24N2. The van der Waals surface area contributed by atoms with Gasteiger partial charge >= 0.3 is 0 Å². The van der Waals surface area contributed by atoms with Gasteiger partial charge in [-0.05, 0) is 16.7 Å². The number of benzene rings is 3. The Hall–Kier alpha value is -2.42. The van der Waals surface area contributed by atoms with Gasteiger partial charge < -0.3 is 5.32 Å². The van der Waals surface area contributed by atoms with Crippen LogP contribution in [-0.2, 0) is 6.54 Å². The highest BCUT2D eigenvalue weighted by atomic mass is 15.2. The molecule has 4 rings (SSSR count). The van der Waals surface area contributed by atoms with Crippen LogP contribution < -0.4 is 5.32 Å². The third-order valence-electron chi connectivity index (χ3n) is 5.00. The lowest BCUT2D eigenvalue weighted by molar-refractivity contribution is 0.111. The van der Waals surface area contributed by atoms with E-state index < -0.39 is 0 Å². The monoisotopic (exact) mass is 328 g/mol. The van der Waals surface area contributed by atoms with E-state index >= 15 is 0 Å². The Balaban J connectivity index is 1.69. The fraction of sp³-hybridized carbons (Fsp3) is 0.217. The molecule has 1 saturated heterocycles. The van der Waals surface area contributed by atoms with Crippen LogP contribution in [0.2, 0.25) is 0 Å². The summed E-state index contributed by atoms with van der Waals surface area (Å²) in [6.07, 6.45) is 0. The van der Waals surface area contributed by atoms with Crippen LogP contribution in [-0.4, -0.2) is 18.0 Å².